The molecule has 0 bridgehead atoms. The fourth-order valence-electron chi connectivity index (χ4n) is 2.07. The molecule has 0 saturated carbocycles. The second-order valence-electron chi connectivity index (χ2n) is 5.44. The number of hydrogen-bond donors (Lipinski definition) is 1. The molecule has 2 aromatic rings. The lowest BCUT2D eigenvalue weighted by atomic mass is 10.1. The van der Waals surface area contributed by atoms with Crippen molar-refractivity contribution < 1.29 is 9.59 Å². The van der Waals surface area contributed by atoms with Gasteiger partial charge < -0.3 is 10.2 Å². The minimum atomic E-state index is -0.107. The van der Waals surface area contributed by atoms with Crippen LogP contribution in [0.5, 0.6) is 0 Å². The lowest BCUT2D eigenvalue weighted by Crippen LogP contribution is -2.08. The van der Waals surface area contributed by atoms with Crippen LogP contribution in [0.1, 0.15) is 22.8 Å². The van der Waals surface area contributed by atoms with E-state index < -0.39 is 0 Å². The Balaban J connectivity index is 2.04. The largest absolute Gasteiger partial charge is 0.378 e. The quantitative estimate of drug-likeness (QED) is 0.678. The van der Waals surface area contributed by atoms with Crippen LogP contribution in [0.25, 0.3) is 6.08 Å². The number of carbonyl (C=O) groups is 2. The smallest absolute Gasteiger partial charge is 0.221 e. The van der Waals surface area contributed by atoms with Crippen LogP contribution >= 0.6 is 0 Å². The zero-order valence-corrected chi connectivity index (χ0v) is 13.5. The van der Waals surface area contributed by atoms with Crippen LogP contribution in [0.2, 0.25) is 0 Å². The molecule has 0 aliphatic carbocycles. The van der Waals surface area contributed by atoms with Crippen LogP contribution in [-0.2, 0) is 4.79 Å². The Kier molecular flexibility index (Phi) is 5.31. The monoisotopic (exact) mass is 308 g/mol. The van der Waals surface area contributed by atoms with Crippen molar-refractivity contribution in [2.24, 2.45) is 0 Å². The molecule has 4 nitrogen and oxygen atoms in total. The average Bonchev–Trinajstić information content (AvgIpc) is 2.53. The number of nitrogens with one attached hydrogen (secondary N) is 1. The Morgan fingerprint density at radius 2 is 1.57 bits per heavy atom. The van der Waals surface area contributed by atoms with Crippen molar-refractivity contribution in [1.29, 1.82) is 0 Å². The lowest BCUT2D eigenvalue weighted by Gasteiger charge is -2.11. The molecule has 1 N–H and O–H groups in total. The Morgan fingerprint density at radius 1 is 0.957 bits per heavy atom. The maximum atomic E-state index is 12.2. The van der Waals surface area contributed by atoms with Crippen molar-refractivity contribution in [3.8, 4) is 0 Å². The Labute approximate surface area is 136 Å². The van der Waals surface area contributed by atoms with Gasteiger partial charge >= 0.3 is 0 Å². The molecule has 0 unspecified atom stereocenters. The first kappa shape index (κ1) is 16.5. The van der Waals surface area contributed by atoms with Gasteiger partial charge in [-0.25, -0.2) is 0 Å². The van der Waals surface area contributed by atoms with E-state index in [4.69, 9.17) is 0 Å². The minimum absolute atomic E-state index is 0.0405. The maximum absolute atomic E-state index is 12.2. The first-order valence-corrected chi connectivity index (χ1v) is 7.33. The number of carbonyl (C=O) groups excluding carboxylic acids is 2. The standard InChI is InChI=1S/C19H20N2O2/c1-14(22)20-17-9-4-15(5-10-17)6-13-19(23)16-7-11-18(12-8-16)21(2)3/h4-13H,1-3H3,(H,20,22)/b13-6+. The molecule has 0 radical (unpaired) electrons. The molecule has 0 spiro atoms. The van der Waals surface area contributed by atoms with Crippen LogP contribution in [0.15, 0.2) is 54.6 Å². The summed E-state index contributed by atoms with van der Waals surface area (Å²) in [6.45, 7) is 1.47. The lowest BCUT2D eigenvalue weighted by molar-refractivity contribution is -0.114. The van der Waals surface area contributed by atoms with Gasteiger partial charge in [-0.15, -0.1) is 0 Å². The fourth-order valence-corrected chi connectivity index (χ4v) is 2.07. The van der Waals surface area contributed by atoms with Gasteiger partial charge in [0.2, 0.25) is 5.91 Å². The van der Waals surface area contributed by atoms with E-state index in [1.807, 2.05) is 55.4 Å². The molecule has 0 heterocycles. The number of amides is 1. The molecule has 0 saturated heterocycles. The number of anilines is 2. The minimum Gasteiger partial charge on any atom is -0.378 e. The third-order valence-electron chi connectivity index (χ3n) is 3.33. The van der Waals surface area contributed by atoms with Crippen molar-refractivity contribution in [2.45, 2.75) is 6.92 Å². The summed E-state index contributed by atoms with van der Waals surface area (Å²) in [5.74, 6) is -0.147. The predicted octanol–water partition coefficient (Wildman–Crippen LogP) is 3.61. The predicted molar refractivity (Wildman–Crippen MR) is 94.9 cm³/mol. The second-order valence-corrected chi connectivity index (χ2v) is 5.44. The van der Waals surface area contributed by atoms with Crippen molar-refractivity contribution in [3.63, 3.8) is 0 Å². The zero-order chi connectivity index (χ0) is 16.8. The molecule has 2 aromatic carbocycles. The Morgan fingerprint density at radius 3 is 2.09 bits per heavy atom. The first-order chi connectivity index (χ1) is 11.0. The second kappa shape index (κ2) is 7.40. The molecule has 2 rings (SSSR count). The molecule has 23 heavy (non-hydrogen) atoms. The topological polar surface area (TPSA) is 49.4 Å². The Bertz CT molecular complexity index is 714. The van der Waals surface area contributed by atoms with Crippen molar-refractivity contribution >= 4 is 29.1 Å². The third kappa shape index (κ3) is 4.81. The van der Waals surface area contributed by atoms with Crippen molar-refractivity contribution in [3.05, 3.63) is 65.7 Å². The van der Waals surface area contributed by atoms with Crippen molar-refractivity contribution in [1.82, 2.24) is 0 Å². The van der Waals surface area contributed by atoms with E-state index in [0.29, 0.717) is 5.56 Å². The highest BCUT2D eigenvalue weighted by atomic mass is 16.1. The summed E-state index contributed by atoms with van der Waals surface area (Å²) < 4.78 is 0. The van der Waals surface area contributed by atoms with E-state index in [-0.39, 0.29) is 11.7 Å². The van der Waals surface area contributed by atoms with Gasteiger partial charge in [-0.05, 0) is 48.0 Å². The van der Waals surface area contributed by atoms with Crippen LogP contribution < -0.4 is 10.2 Å². The molecule has 0 fully saturated rings. The number of rotatable bonds is 5. The number of hydrogen-bond acceptors (Lipinski definition) is 3. The van der Waals surface area contributed by atoms with Gasteiger partial charge in [0.1, 0.15) is 0 Å². The summed E-state index contributed by atoms with van der Waals surface area (Å²) in [7, 11) is 3.92. The summed E-state index contributed by atoms with van der Waals surface area (Å²) in [5.41, 5.74) is 3.35. The fraction of sp³-hybridized carbons (Fsp3) is 0.158. The van der Waals surface area contributed by atoms with E-state index >= 15 is 0 Å². The highest BCUT2D eigenvalue weighted by Gasteiger charge is 2.02. The van der Waals surface area contributed by atoms with Crippen LogP contribution in [-0.4, -0.2) is 25.8 Å². The van der Waals surface area contributed by atoms with E-state index in [2.05, 4.69) is 5.32 Å². The van der Waals surface area contributed by atoms with E-state index in [9.17, 15) is 9.59 Å². The number of allylic oxidation sites excluding steroid dienone is 1. The summed E-state index contributed by atoms with van der Waals surface area (Å²) in [6, 6.07) is 14.8. The normalized spacial score (nSPS) is 10.6. The Hall–Kier alpha value is -2.88. The molecule has 0 aromatic heterocycles. The SMILES string of the molecule is CC(=O)Nc1ccc(/C=C/C(=O)c2ccc(N(C)C)cc2)cc1. The van der Waals surface area contributed by atoms with Gasteiger partial charge in [0.15, 0.2) is 5.78 Å². The van der Waals surface area contributed by atoms with Gasteiger partial charge in [-0.1, -0.05) is 18.2 Å². The molecule has 0 atom stereocenters. The van der Waals surface area contributed by atoms with E-state index in [1.54, 1.807) is 24.3 Å². The van der Waals surface area contributed by atoms with E-state index in [0.717, 1.165) is 16.9 Å². The highest BCUT2D eigenvalue weighted by Crippen LogP contribution is 2.14. The van der Waals surface area contributed by atoms with Gasteiger partial charge in [0.25, 0.3) is 0 Å². The van der Waals surface area contributed by atoms with Crippen LogP contribution in [0.4, 0.5) is 11.4 Å². The van der Waals surface area contributed by atoms with Gasteiger partial charge in [-0.2, -0.15) is 0 Å². The van der Waals surface area contributed by atoms with Crippen LogP contribution in [0.3, 0.4) is 0 Å². The van der Waals surface area contributed by atoms with Gasteiger partial charge in [-0.3, -0.25) is 9.59 Å². The molecule has 0 aliphatic rings. The van der Waals surface area contributed by atoms with Gasteiger partial charge in [0, 0.05) is 38.0 Å². The summed E-state index contributed by atoms with van der Waals surface area (Å²) in [4.78, 5) is 25.1. The summed E-state index contributed by atoms with van der Waals surface area (Å²) in [6.07, 6.45) is 3.32. The van der Waals surface area contributed by atoms with E-state index in [1.165, 1.54) is 6.92 Å². The zero-order valence-electron chi connectivity index (χ0n) is 13.5. The molecule has 118 valence electrons. The number of benzene rings is 2. The molecular formula is C19H20N2O2. The number of nitrogens with zero attached hydrogens (tertiary/aromatic N) is 1. The molecule has 4 heteroatoms. The van der Waals surface area contributed by atoms with Crippen molar-refractivity contribution in [2.75, 3.05) is 24.3 Å². The number of ketones is 1. The highest BCUT2D eigenvalue weighted by molar-refractivity contribution is 6.07. The maximum Gasteiger partial charge on any atom is 0.221 e. The third-order valence-corrected chi connectivity index (χ3v) is 3.33. The molecular weight excluding hydrogens is 288 g/mol. The molecule has 1 amide bonds. The van der Waals surface area contributed by atoms with Gasteiger partial charge in [0.05, 0.1) is 0 Å². The molecule has 0 aliphatic heterocycles. The summed E-state index contributed by atoms with van der Waals surface area (Å²) >= 11 is 0. The van der Waals surface area contributed by atoms with Crippen LogP contribution in [0, 0.1) is 0 Å². The summed E-state index contributed by atoms with van der Waals surface area (Å²) in [5, 5.41) is 2.70. The first-order valence-electron chi connectivity index (χ1n) is 7.33. The average molecular weight is 308 g/mol.